The van der Waals surface area contributed by atoms with Gasteiger partial charge in [-0.25, -0.2) is 0 Å². The lowest BCUT2D eigenvalue weighted by Gasteiger charge is -2.11. The van der Waals surface area contributed by atoms with Crippen molar-refractivity contribution in [1.29, 1.82) is 0 Å². The summed E-state index contributed by atoms with van der Waals surface area (Å²) < 4.78 is 6.81. The predicted molar refractivity (Wildman–Crippen MR) is 74.8 cm³/mol. The van der Waals surface area contributed by atoms with Crippen molar-refractivity contribution >= 4 is 34.2 Å². The van der Waals surface area contributed by atoms with Crippen LogP contribution < -0.4 is 5.32 Å². The van der Waals surface area contributed by atoms with Gasteiger partial charge in [0.05, 0.1) is 6.10 Å². The monoisotopic (exact) mass is 351 g/mol. The molecule has 0 bridgehead atoms. The number of benzene rings is 1. The standard InChI is InChI=1S/C12H15ClINO/c13-10-3-4-12(14)9(6-10)7-15-8-11-2-1-5-16-11/h3-4,6,11,15H,1-2,5,7-8H2. The maximum atomic E-state index is 5.97. The molecule has 0 amide bonds. The van der Waals surface area contributed by atoms with Crippen LogP contribution in [-0.4, -0.2) is 19.3 Å². The number of halogens is 2. The Morgan fingerprint density at radius 1 is 1.50 bits per heavy atom. The molecule has 1 aliphatic heterocycles. The van der Waals surface area contributed by atoms with E-state index in [1.54, 1.807) is 0 Å². The highest BCUT2D eigenvalue weighted by Crippen LogP contribution is 2.18. The Kier molecular flexibility index (Phi) is 4.88. The summed E-state index contributed by atoms with van der Waals surface area (Å²) in [6.07, 6.45) is 2.78. The van der Waals surface area contributed by atoms with Crippen molar-refractivity contribution in [2.45, 2.75) is 25.5 Å². The summed E-state index contributed by atoms with van der Waals surface area (Å²) in [6.45, 7) is 2.71. The Balaban J connectivity index is 1.82. The van der Waals surface area contributed by atoms with Gasteiger partial charge in [0.15, 0.2) is 0 Å². The van der Waals surface area contributed by atoms with Gasteiger partial charge < -0.3 is 10.1 Å². The molecule has 0 saturated carbocycles. The van der Waals surface area contributed by atoms with Crippen LogP contribution in [0.25, 0.3) is 0 Å². The van der Waals surface area contributed by atoms with Crippen molar-refractivity contribution in [1.82, 2.24) is 5.32 Å². The number of ether oxygens (including phenoxy) is 1. The second-order valence-corrected chi connectivity index (χ2v) is 5.60. The number of nitrogens with one attached hydrogen (secondary N) is 1. The number of hydrogen-bond acceptors (Lipinski definition) is 2. The molecule has 88 valence electrons. The topological polar surface area (TPSA) is 21.3 Å². The van der Waals surface area contributed by atoms with E-state index < -0.39 is 0 Å². The maximum Gasteiger partial charge on any atom is 0.0700 e. The first-order chi connectivity index (χ1) is 7.75. The molecule has 1 heterocycles. The van der Waals surface area contributed by atoms with Crippen LogP contribution in [0.15, 0.2) is 18.2 Å². The Morgan fingerprint density at radius 3 is 3.12 bits per heavy atom. The van der Waals surface area contributed by atoms with Crippen LogP contribution in [0.2, 0.25) is 5.02 Å². The van der Waals surface area contributed by atoms with E-state index in [0.717, 1.165) is 24.7 Å². The average Bonchev–Trinajstić information content (AvgIpc) is 2.76. The van der Waals surface area contributed by atoms with Crippen molar-refractivity contribution in [2.75, 3.05) is 13.2 Å². The molecule has 4 heteroatoms. The first-order valence-electron chi connectivity index (χ1n) is 5.52. The fourth-order valence-electron chi connectivity index (χ4n) is 1.85. The molecule has 2 nitrogen and oxygen atoms in total. The fourth-order valence-corrected chi connectivity index (χ4v) is 2.57. The lowest BCUT2D eigenvalue weighted by Crippen LogP contribution is -2.26. The molecule has 1 atom stereocenters. The van der Waals surface area contributed by atoms with Crippen molar-refractivity contribution in [3.63, 3.8) is 0 Å². The smallest absolute Gasteiger partial charge is 0.0700 e. The highest BCUT2D eigenvalue weighted by molar-refractivity contribution is 14.1. The summed E-state index contributed by atoms with van der Waals surface area (Å²) in [6, 6.07) is 5.99. The summed E-state index contributed by atoms with van der Waals surface area (Å²) in [7, 11) is 0. The molecule has 16 heavy (non-hydrogen) atoms. The van der Waals surface area contributed by atoms with Crippen LogP contribution in [0.3, 0.4) is 0 Å². The van der Waals surface area contributed by atoms with E-state index >= 15 is 0 Å². The van der Waals surface area contributed by atoms with Crippen LogP contribution >= 0.6 is 34.2 Å². The van der Waals surface area contributed by atoms with Gasteiger partial charge in [-0.1, -0.05) is 11.6 Å². The van der Waals surface area contributed by atoms with Gasteiger partial charge in [0.2, 0.25) is 0 Å². The third-order valence-electron chi connectivity index (χ3n) is 2.72. The third-order valence-corrected chi connectivity index (χ3v) is 4.01. The molecule has 0 aliphatic carbocycles. The van der Waals surface area contributed by atoms with Crippen molar-refractivity contribution < 1.29 is 4.74 Å². The van der Waals surface area contributed by atoms with E-state index in [9.17, 15) is 0 Å². The number of hydrogen-bond donors (Lipinski definition) is 1. The summed E-state index contributed by atoms with van der Waals surface area (Å²) >= 11 is 8.30. The minimum Gasteiger partial charge on any atom is -0.377 e. The Bertz CT molecular complexity index is 353. The summed E-state index contributed by atoms with van der Waals surface area (Å²) in [5.41, 5.74) is 1.26. The van der Waals surface area contributed by atoms with Gasteiger partial charge >= 0.3 is 0 Å². The first-order valence-corrected chi connectivity index (χ1v) is 6.97. The van der Waals surface area contributed by atoms with Gasteiger partial charge in [-0.2, -0.15) is 0 Å². The van der Waals surface area contributed by atoms with Gasteiger partial charge in [-0.15, -0.1) is 0 Å². The maximum absolute atomic E-state index is 5.97. The second kappa shape index (κ2) is 6.19. The minimum atomic E-state index is 0.400. The van der Waals surface area contributed by atoms with E-state index in [0.29, 0.717) is 6.10 Å². The molecule has 1 saturated heterocycles. The SMILES string of the molecule is Clc1ccc(I)c(CNCC2CCCO2)c1. The molecule has 2 rings (SSSR count). The van der Waals surface area contributed by atoms with Gasteiger partial charge in [0, 0.05) is 28.3 Å². The van der Waals surface area contributed by atoms with Gasteiger partial charge in [-0.05, 0) is 59.2 Å². The van der Waals surface area contributed by atoms with Crippen LogP contribution in [0, 0.1) is 3.57 Å². The molecule has 1 aromatic carbocycles. The second-order valence-electron chi connectivity index (χ2n) is 4.00. The summed E-state index contributed by atoms with van der Waals surface area (Å²) in [4.78, 5) is 0. The minimum absolute atomic E-state index is 0.400. The van der Waals surface area contributed by atoms with Gasteiger partial charge in [0.1, 0.15) is 0 Å². The van der Waals surface area contributed by atoms with Crippen LogP contribution in [0.5, 0.6) is 0 Å². The van der Waals surface area contributed by atoms with Crippen LogP contribution in [0.1, 0.15) is 18.4 Å². The molecule has 1 aliphatic rings. The van der Waals surface area contributed by atoms with Gasteiger partial charge in [0.25, 0.3) is 0 Å². The average molecular weight is 352 g/mol. The normalized spacial score (nSPS) is 20.2. The van der Waals surface area contributed by atoms with E-state index in [2.05, 4.69) is 27.9 Å². The summed E-state index contributed by atoms with van der Waals surface area (Å²) in [5.74, 6) is 0. The molecule has 1 N–H and O–H groups in total. The van der Waals surface area contributed by atoms with Gasteiger partial charge in [-0.3, -0.25) is 0 Å². The largest absolute Gasteiger partial charge is 0.377 e. The Hall–Kier alpha value is 0.160. The van der Waals surface area contributed by atoms with Crippen molar-refractivity contribution in [2.24, 2.45) is 0 Å². The molecule has 1 unspecified atom stereocenters. The molecule has 1 fully saturated rings. The van der Waals surface area contributed by atoms with Crippen LogP contribution in [-0.2, 0) is 11.3 Å². The highest BCUT2D eigenvalue weighted by atomic mass is 127. The Morgan fingerprint density at radius 2 is 2.38 bits per heavy atom. The van der Waals surface area contributed by atoms with E-state index in [4.69, 9.17) is 16.3 Å². The zero-order chi connectivity index (χ0) is 11.4. The highest BCUT2D eigenvalue weighted by Gasteiger charge is 2.14. The first kappa shape index (κ1) is 12.6. The van der Waals surface area contributed by atoms with Crippen LogP contribution in [0.4, 0.5) is 0 Å². The molecule has 1 aromatic rings. The third kappa shape index (κ3) is 3.58. The predicted octanol–water partition coefficient (Wildman–Crippen LogP) is 3.21. The quantitative estimate of drug-likeness (QED) is 0.841. The van der Waals surface area contributed by atoms with E-state index in [1.807, 2.05) is 18.2 Å². The van der Waals surface area contributed by atoms with E-state index in [-0.39, 0.29) is 0 Å². The molecular formula is C12H15ClINO. The van der Waals surface area contributed by atoms with Crippen molar-refractivity contribution in [3.05, 3.63) is 32.4 Å². The molecule has 0 radical (unpaired) electrons. The summed E-state index contributed by atoms with van der Waals surface area (Å²) in [5, 5.41) is 4.22. The molecule has 0 aromatic heterocycles. The molecular weight excluding hydrogens is 336 g/mol. The number of rotatable bonds is 4. The lowest BCUT2D eigenvalue weighted by atomic mass is 10.2. The molecule has 0 spiro atoms. The zero-order valence-electron chi connectivity index (χ0n) is 9.01. The van der Waals surface area contributed by atoms with Crippen molar-refractivity contribution in [3.8, 4) is 0 Å². The lowest BCUT2D eigenvalue weighted by molar-refractivity contribution is 0.110. The zero-order valence-corrected chi connectivity index (χ0v) is 11.9. The van der Waals surface area contributed by atoms with E-state index in [1.165, 1.54) is 22.0 Å². The Labute approximate surface area is 115 Å². The fraction of sp³-hybridized carbons (Fsp3) is 0.500.